The van der Waals surface area contributed by atoms with Crippen LogP contribution in [0.15, 0.2) is 48.5 Å². The zero-order chi connectivity index (χ0) is 20.0. The number of carbonyl (C=O) groups is 1. The molecule has 2 aromatic rings. The summed E-state index contributed by atoms with van der Waals surface area (Å²) in [5.74, 6) is -0.130. The third-order valence-corrected chi connectivity index (χ3v) is 4.80. The minimum Gasteiger partial charge on any atom is -0.390 e. The Balaban J connectivity index is 1.97. The van der Waals surface area contributed by atoms with Gasteiger partial charge in [-0.3, -0.25) is 9.69 Å². The van der Waals surface area contributed by atoms with Crippen LogP contribution in [0.4, 0.5) is 0 Å². The minimum atomic E-state index is -0.638. The Labute approximate surface area is 163 Å². The third kappa shape index (κ3) is 6.19. The SMILES string of the molecule is Cc1cccc(C)c1C(=O)NCC(O)CN(Cc1ccccc1)C(C)(C)C. The fourth-order valence-electron chi connectivity index (χ4n) is 3.17. The molecule has 0 fully saturated rings. The molecule has 146 valence electrons. The summed E-state index contributed by atoms with van der Waals surface area (Å²) in [6.07, 6.45) is -0.638. The van der Waals surface area contributed by atoms with Gasteiger partial charge in [-0.2, -0.15) is 0 Å². The van der Waals surface area contributed by atoms with E-state index in [0.717, 1.165) is 17.7 Å². The number of carbonyl (C=O) groups excluding carboxylic acids is 1. The van der Waals surface area contributed by atoms with Crippen molar-refractivity contribution in [3.8, 4) is 0 Å². The van der Waals surface area contributed by atoms with Gasteiger partial charge in [-0.1, -0.05) is 48.5 Å². The van der Waals surface area contributed by atoms with Gasteiger partial charge >= 0.3 is 0 Å². The van der Waals surface area contributed by atoms with Gasteiger partial charge in [0.1, 0.15) is 0 Å². The average molecular weight is 369 g/mol. The van der Waals surface area contributed by atoms with E-state index >= 15 is 0 Å². The number of aliphatic hydroxyl groups is 1. The topological polar surface area (TPSA) is 52.6 Å². The second-order valence-electron chi connectivity index (χ2n) is 8.17. The third-order valence-electron chi connectivity index (χ3n) is 4.80. The minimum absolute atomic E-state index is 0.0898. The molecule has 0 aliphatic heterocycles. The fourth-order valence-corrected chi connectivity index (χ4v) is 3.17. The van der Waals surface area contributed by atoms with Gasteiger partial charge in [0, 0.05) is 30.7 Å². The summed E-state index contributed by atoms with van der Waals surface area (Å²) in [6, 6.07) is 16.0. The number of nitrogens with zero attached hydrogens (tertiary/aromatic N) is 1. The van der Waals surface area contributed by atoms with Gasteiger partial charge in [-0.15, -0.1) is 0 Å². The van der Waals surface area contributed by atoms with E-state index in [9.17, 15) is 9.90 Å². The van der Waals surface area contributed by atoms with E-state index in [2.05, 4.69) is 43.1 Å². The Bertz CT molecular complexity index is 730. The van der Waals surface area contributed by atoms with Crippen molar-refractivity contribution in [3.05, 3.63) is 70.8 Å². The molecule has 4 heteroatoms. The number of β-amino-alcohol motifs (C(OH)–C–C–N with tert-alkyl or cyclic N) is 1. The molecule has 4 nitrogen and oxygen atoms in total. The van der Waals surface area contributed by atoms with Crippen LogP contribution in [0.1, 0.15) is 47.8 Å². The fraction of sp³-hybridized carbons (Fsp3) is 0.435. The molecule has 0 bridgehead atoms. The second kappa shape index (κ2) is 9.16. The predicted octanol–water partition coefficient (Wildman–Crippen LogP) is 3.69. The highest BCUT2D eigenvalue weighted by Crippen LogP contribution is 2.18. The van der Waals surface area contributed by atoms with Crippen LogP contribution in [0.2, 0.25) is 0 Å². The lowest BCUT2D eigenvalue weighted by Crippen LogP contribution is -2.47. The summed E-state index contributed by atoms with van der Waals surface area (Å²) in [5, 5.41) is 13.4. The lowest BCUT2D eigenvalue weighted by molar-refractivity contribution is 0.0512. The summed E-state index contributed by atoms with van der Waals surface area (Å²) in [4.78, 5) is 14.8. The Hall–Kier alpha value is -2.17. The Morgan fingerprint density at radius 3 is 2.19 bits per heavy atom. The van der Waals surface area contributed by atoms with Crippen molar-refractivity contribution in [2.24, 2.45) is 0 Å². The summed E-state index contributed by atoms with van der Waals surface area (Å²) < 4.78 is 0. The highest BCUT2D eigenvalue weighted by atomic mass is 16.3. The van der Waals surface area contributed by atoms with E-state index in [1.807, 2.05) is 50.2 Å². The van der Waals surface area contributed by atoms with Crippen LogP contribution in [-0.2, 0) is 6.54 Å². The quantitative estimate of drug-likeness (QED) is 0.784. The number of hydrogen-bond acceptors (Lipinski definition) is 3. The van der Waals surface area contributed by atoms with E-state index in [1.165, 1.54) is 5.56 Å². The standard InChI is InChI=1S/C23H32N2O2/c1-17-10-9-11-18(2)21(17)22(27)24-14-20(26)16-25(23(3,4)5)15-19-12-7-6-8-13-19/h6-13,20,26H,14-16H2,1-5H3,(H,24,27). The van der Waals surface area contributed by atoms with Crippen molar-refractivity contribution >= 4 is 5.91 Å². The maximum atomic E-state index is 12.5. The molecule has 1 atom stereocenters. The lowest BCUT2D eigenvalue weighted by atomic mass is 10.0. The van der Waals surface area contributed by atoms with E-state index in [-0.39, 0.29) is 18.0 Å². The molecule has 0 aliphatic rings. The van der Waals surface area contributed by atoms with Gasteiger partial charge in [-0.05, 0) is 51.3 Å². The van der Waals surface area contributed by atoms with Crippen molar-refractivity contribution in [2.45, 2.75) is 52.8 Å². The largest absolute Gasteiger partial charge is 0.390 e. The maximum Gasteiger partial charge on any atom is 0.251 e. The van der Waals surface area contributed by atoms with Crippen LogP contribution in [-0.4, -0.2) is 40.6 Å². The molecule has 1 unspecified atom stereocenters. The number of nitrogens with one attached hydrogen (secondary N) is 1. The normalized spacial score (nSPS) is 12.9. The number of aryl methyl sites for hydroxylation is 2. The summed E-state index contributed by atoms with van der Waals surface area (Å²) >= 11 is 0. The molecule has 0 heterocycles. The summed E-state index contributed by atoms with van der Waals surface area (Å²) in [6.45, 7) is 11.7. The molecule has 2 N–H and O–H groups in total. The van der Waals surface area contributed by atoms with Crippen LogP contribution in [0.25, 0.3) is 0 Å². The molecule has 2 aromatic carbocycles. The molecule has 0 spiro atoms. The van der Waals surface area contributed by atoms with Gasteiger partial charge in [0.2, 0.25) is 0 Å². The first-order chi connectivity index (χ1) is 12.7. The van der Waals surface area contributed by atoms with Crippen molar-refractivity contribution in [2.75, 3.05) is 13.1 Å². The molecule has 0 radical (unpaired) electrons. The highest BCUT2D eigenvalue weighted by molar-refractivity contribution is 5.97. The van der Waals surface area contributed by atoms with Crippen molar-refractivity contribution in [1.82, 2.24) is 10.2 Å². The molecule has 27 heavy (non-hydrogen) atoms. The molecular formula is C23H32N2O2. The predicted molar refractivity (Wildman–Crippen MR) is 111 cm³/mol. The van der Waals surface area contributed by atoms with E-state index in [0.29, 0.717) is 12.1 Å². The Morgan fingerprint density at radius 1 is 1.04 bits per heavy atom. The summed E-state index contributed by atoms with van der Waals surface area (Å²) in [5.41, 5.74) is 3.71. The van der Waals surface area contributed by atoms with Crippen molar-refractivity contribution < 1.29 is 9.90 Å². The van der Waals surface area contributed by atoms with Crippen LogP contribution < -0.4 is 5.32 Å². The zero-order valence-corrected chi connectivity index (χ0v) is 17.1. The van der Waals surface area contributed by atoms with E-state index < -0.39 is 6.10 Å². The van der Waals surface area contributed by atoms with Gasteiger partial charge in [0.15, 0.2) is 0 Å². The molecular weight excluding hydrogens is 336 g/mol. The van der Waals surface area contributed by atoms with Crippen LogP contribution in [0.5, 0.6) is 0 Å². The number of aliphatic hydroxyl groups excluding tert-OH is 1. The molecule has 2 rings (SSSR count). The average Bonchev–Trinajstić information content (AvgIpc) is 2.59. The van der Waals surface area contributed by atoms with Gasteiger partial charge < -0.3 is 10.4 Å². The number of rotatable bonds is 7. The molecule has 0 aliphatic carbocycles. The maximum absolute atomic E-state index is 12.5. The highest BCUT2D eigenvalue weighted by Gasteiger charge is 2.24. The number of hydrogen-bond donors (Lipinski definition) is 2. The monoisotopic (exact) mass is 368 g/mol. The second-order valence-corrected chi connectivity index (χ2v) is 8.17. The smallest absolute Gasteiger partial charge is 0.251 e. The molecule has 0 aromatic heterocycles. The zero-order valence-electron chi connectivity index (χ0n) is 17.1. The lowest BCUT2D eigenvalue weighted by Gasteiger charge is -2.37. The van der Waals surface area contributed by atoms with E-state index in [1.54, 1.807) is 0 Å². The van der Waals surface area contributed by atoms with Gasteiger partial charge in [0.25, 0.3) is 5.91 Å². The van der Waals surface area contributed by atoms with Crippen LogP contribution in [0, 0.1) is 13.8 Å². The molecule has 1 amide bonds. The van der Waals surface area contributed by atoms with Gasteiger partial charge in [-0.25, -0.2) is 0 Å². The Kier molecular flexibility index (Phi) is 7.17. The van der Waals surface area contributed by atoms with Crippen LogP contribution >= 0.6 is 0 Å². The van der Waals surface area contributed by atoms with Crippen molar-refractivity contribution in [1.29, 1.82) is 0 Å². The first-order valence-corrected chi connectivity index (χ1v) is 9.50. The molecule has 0 saturated carbocycles. The Morgan fingerprint density at radius 2 is 1.63 bits per heavy atom. The first-order valence-electron chi connectivity index (χ1n) is 9.50. The summed E-state index contributed by atoms with van der Waals surface area (Å²) in [7, 11) is 0. The van der Waals surface area contributed by atoms with Crippen molar-refractivity contribution in [3.63, 3.8) is 0 Å². The first kappa shape index (κ1) is 21.1. The van der Waals surface area contributed by atoms with Gasteiger partial charge in [0.05, 0.1) is 6.10 Å². The van der Waals surface area contributed by atoms with E-state index in [4.69, 9.17) is 0 Å². The molecule has 0 saturated heterocycles. The van der Waals surface area contributed by atoms with Crippen LogP contribution in [0.3, 0.4) is 0 Å². The number of benzene rings is 2. The number of amides is 1.